The van der Waals surface area contributed by atoms with Crippen molar-refractivity contribution in [2.45, 2.75) is 50.9 Å². The predicted octanol–water partition coefficient (Wildman–Crippen LogP) is 4.44. The van der Waals surface area contributed by atoms with Gasteiger partial charge in [0, 0.05) is 11.8 Å². The summed E-state index contributed by atoms with van der Waals surface area (Å²) in [4.78, 5) is 0. The van der Waals surface area contributed by atoms with Crippen molar-refractivity contribution < 1.29 is 0 Å². The molecule has 1 aromatic carbocycles. The van der Waals surface area contributed by atoms with Gasteiger partial charge < -0.3 is 0 Å². The zero-order valence-corrected chi connectivity index (χ0v) is 10.7. The van der Waals surface area contributed by atoms with Crippen LogP contribution >= 0.6 is 0 Å². The SMILES string of the molecule is CC(CC#N)(c1ccccc1)C1CCCCC1. The Bertz CT molecular complexity index is 384. The van der Waals surface area contributed by atoms with Crippen LogP contribution in [0.15, 0.2) is 30.3 Å². The highest BCUT2D eigenvalue weighted by Gasteiger charge is 2.36. The molecular formula is C16H21N. The smallest absolute Gasteiger partial charge is 0.0631 e. The Hall–Kier alpha value is -1.29. The standard InChI is InChI=1S/C16H21N/c1-16(12-13-17,14-8-4-2-5-9-14)15-10-6-3-7-11-15/h2,4-5,8-9,15H,3,6-7,10-12H2,1H3. The van der Waals surface area contributed by atoms with E-state index < -0.39 is 0 Å². The van der Waals surface area contributed by atoms with Gasteiger partial charge in [0.15, 0.2) is 0 Å². The summed E-state index contributed by atoms with van der Waals surface area (Å²) in [5.41, 5.74) is 1.39. The van der Waals surface area contributed by atoms with Crippen LogP contribution in [0.3, 0.4) is 0 Å². The minimum atomic E-state index is 0.0520. The van der Waals surface area contributed by atoms with Gasteiger partial charge in [-0.15, -0.1) is 0 Å². The Balaban J connectivity index is 2.28. The van der Waals surface area contributed by atoms with Crippen molar-refractivity contribution in [3.63, 3.8) is 0 Å². The molecule has 1 aromatic rings. The number of hydrogen-bond acceptors (Lipinski definition) is 1. The number of nitriles is 1. The van der Waals surface area contributed by atoms with Crippen molar-refractivity contribution in [3.8, 4) is 6.07 Å². The molecule has 0 N–H and O–H groups in total. The van der Waals surface area contributed by atoms with Crippen molar-refractivity contribution in [1.29, 1.82) is 5.26 Å². The molecule has 1 atom stereocenters. The first-order valence-corrected chi connectivity index (χ1v) is 6.70. The highest BCUT2D eigenvalue weighted by atomic mass is 14.4. The molecule has 0 radical (unpaired) electrons. The first kappa shape index (κ1) is 12.2. The molecule has 17 heavy (non-hydrogen) atoms. The third-order valence-electron chi connectivity index (χ3n) is 4.39. The molecule has 90 valence electrons. The maximum Gasteiger partial charge on any atom is 0.0631 e. The largest absolute Gasteiger partial charge is 0.198 e. The van der Waals surface area contributed by atoms with Crippen LogP contribution in [0.1, 0.15) is 51.0 Å². The van der Waals surface area contributed by atoms with E-state index in [9.17, 15) is 0 Å². The quantitative estimate of drug-likeness (QED) is 0.749. The van der Waals surface area contributed by atoms with Gasteiger partial charge in [-0.05, 0) is 24.3 Å². The van der Waals surface area contributed by atoms with Gasteiger partial charge in [0.1, 0.15) is 0 Å². The fourth-order valence-electron chi connectivity index (χ4n) is 3.20. The summed E-state index contributed by atoms with van der Waals surface area (Å²) in [5, 5.41) is 9.14. The first-order chi connectivity index (χ1) is 8.27. The number of benzene rings is 1. The molecule has 2 rings (SSSR count). The first-order valence-electron chi connectivity index (χ1n) is 6.70. The van der Waals surface area contributed by atoms with Crippen molar-refractivity contribution in [2.75, 3.05) is 0 Å². The Morgan fingerprint density at radius 3 is 2.41 bits per heavy atom. The van der Waals surface area contributed by atoms with E-state index in [0.29, 0.717) is 12.3 Å². The molecule has 0 amide bonds. The lowest BCUT2D eigenvalue weighted by molar-refractivity contribution is 0.221. The van der Waals surface area contributed by atoms with Gasteiger partial charge in [0.25, 0.3) is 0 Å². The maximum absolute atomic E-state index is 9.14. The summed E-state index contributed by atoms with van der Waals surface area (Å²) in [5.74, 6) is 0.679. The molecule has 0 heterocycles. The lowest BCUT2D eigenvalue weighted by atomic mass is 9.65. The molecule has 1 unspecified atom stereocenters. The summed E-state index contributed by atoms with van der Waals surface area (Å²) >= 11 is 0. The second kappa shape index (κ2) is 5.36. The number of rotatable bonds is 3. The fourth-order valence-corrected chi connectivity index (χ4v) is 3.20. The highest BCUT2D eigenvalue weighted by molar-refractivity contribution is 5.27. The molecule has 1 aliphatic rings. The lowest BCUT2D eigenvalue weighted by Gasteiger charge is -2.39. The normalized spacial score (nSPS) is 20.5. The van der Waals surface area contributed by atoms with E-state index in [-0.39, 0.29) is 5.41 Å². The number of nitrogens with zero attached hydrogens (tertiary/aromatic N) is 1. The lowest BCUT2D eigenvalue weighted by Crippen LogP contribution is -2.33. The van der Waals surface area contributed by atoms with Crippen molar-refractivity contribution >= 4 is 0 Å². The van der Waals surface area contributed by atoms with Crippen LogP contribution in [-0.4, -0.2) is 0 Å². The Morgan fingerprint density at radius 1 is 1.18 bits per heavy atom. The summed E-state index contributed by atoms with van der Waals surface area (Å²) in [6, 6.07) is 13.0. The van der Waals surface area contributed by atoms with Crippen molar-refractivity contribution in [3.05, 3.63) is 35.9 Å². The third-order valence-corrected chi connectivity index (χ3v) is 4.39. The molecule has 1 fully saturated rings. The topological polar surface area (TPSA) is 23.8 Å². The van der Waals surface area contributed by atoms with E-state index in [1.165, 1.54) is 37.7 Å². The van der Waals surface area contributed by atoms with Crippen molar-refractivity contribution in [1.82, 2.24) is 0 Å². The molecule has 0 aliphatic heterocycles. The van der Waals surface area contributed by atoms with Gasteiger partial charge in [-0.1, -0.05) is 56.5 Å². The highest BCUT2D eigenvalue weighted by Crippen LogP contribution is 2.42. The summed E-state index contributed by atoms with van der Waals surface area (Å²) in [6.07, 6.45) is 7.24. The second-order valence-corrected chi connectivity index (χ2v) is 5.45. The maximum atomic E-state index is 9.14. The van der Waals surface area contributed by atoms with E-state index in [2.05, 4.69) is 43.3 Å². The van der Waals surface area contributed by atoms with E-state index >= 15 is 0 Å². The molecule has 1 heteroatoms. The van der Waals surface area contributed by atoms with Crippen LogP contribution in [0.2, 0.25) is 0 Å². The van der Waals surface area contributed by atoms with Gasteiger partial charge in [0.2, 0.25) is 0 Å². The minimum Gasteiger partial charge on any atom is -0.198 e. The van der Waals surface area contributed by atoms with Crippen LogP contribution in [0.5, 0.6) is 0 Å². The van der Waals surface area contributed by atoms with Gasteiger partial charge in [0.05, 0.1) is 6.07 Å². The molecule has 1 saturated carbocycles. The van der Waals surface area contributed by atoms with Gasteiger partial charge in [-0.2, -0.15) is 5.26 Å². The fraction of sp³-hybridized carbons (Fsp3) is 0.562. The second-order valence-electron chi connectivity index (χ2n) is 5.45. The predicted molar refractivity (Wildman–Crippen MR) is 70.6 cm³/mol. The van der Waals surface area contributed by atoms with Crippen LogP contribution in [-0.2, 0) is 5.41 Å². The van der Waals surface area contributed by atoms with E-state index in [4.69, 9.17) is 5.26 Å². The summed E-state index contributed by atoms with van der Waals surface area (Å²) in [7, 11) is 0. The van der Waals surface area contributed by atoms with Gasteiger partial charge in [-0.3, -0.25) is 0 Å². The van der Waals surface area contributed by atoms with E-state index in [1.807, 2.05) is 0 Å². The molecule has 0 saturated heterocycles. The third kappa shape index (κ3) is 2.52. The Kier molecular flexibility index (Phi) is 3.84. The van der Waals surface area contributed by atoms with Crippen molar-refractivity contribution in [2.24, 2.45) is 5.92 Å². The summed E-state index contributed by atoms with van der Waals surface area (Å²) in [6.45, 7) is 2.28. The zero-order chi connectivity index (χ0) is 12.1. The summed E-state index contributed by atoms with van der Waals surface area (Å²) < 4.78 is 0. The molecule has 1 aliphatic carbocycles. The molecular weight excluding hydrogens is 206 g/mol. The van der Waals surface area contributed by atoms with E-state index in [0.717, 1.165) is 0 Å². The Labute approximate surface area is 104 Å². The monoisotopic (exact) mass is 227 g/mol. The van der Waals surface area contributed by atoms with Crippen LogP contribution in [0.4, 0.5) is 0 Å². The average molecular weight is 227 g/mol. The number of hydrogen-bond donors (Lipinski definition) is 0. The zero-order valence-electron chi connectivity index (χ0n) is 10.7. The van der Waals surface area contributed by atoms with Crippen LogP contribution < -0.4 is 0 Å². The minimum absolute atomic E-state index is 0.0520. The van der Waals surface area contributed by atoms with Crippen LogP contribution in [0, 0.1) is 17.2 Å². The molecule has 0 bridgehead atoms. The van der Waals surface area contributed by atoms with E-state index in [1.54, 1.807) is 0 Å². The van der Waals surface area contributed by atoms with Gasteiger partial charge in [-0.25, -0.2) is 0 Å². The molecule has 0 spiro atoms. The average Bonchev–Trinajstić information content (AvgIpc) is 2.41. The molecule has 1 nitrogen and oxygen atoms in total. The molecule has 0 aromatic heterocycles. The van der Waals surface area contributed by atoms with Gasteiger partial charge >= 0.3 is 0 Å². The van der Waals surface area contributed by atoms with Crippen LogP contribution in [0.25, 0.3) is 0 Å². The Morgan fingerprint density at radius 2 is 1.82 bits per heavy atom.